The molecule has 32 heavy (non-hydrogen) atoms. The number of methoxy groups -OCH3 is 6. The Balaban J connectivity index is 3.52. The zero-order valence-electron chi connectivity index (χ0n) is 20.2. The summed E-state index contributed by atoms with van der Waals surface area (Å²) in [4.78, 5) is 26.7. The first-order chi connectivity index (χ1) is 15.3. The van der Waals surface area contributed by atoms with Crippen LogP contribution in [0, 0.1) is 0 Å². The van der Waals surface area contributed by atoms with Crippen LogP contribution < -0.4 is 0 Å². The van der Waals surface area contributed by atoms with Gasteiger partial charge in [0.2, 0.25) is 5.91 Å². The quantitative estimate of drug-likeness (QED) is 0.280. The molecule has 1 fully saturated rings. The molecule has 0 aliphatic carbocycles. The van der Waals surface area contributed by atoms with Crippen molar-refractivity contribution < 1.29 is 47.5 Å². The minimum absolute atomic E-state index is 0.00271. The van der Waals surface area contributed by atoms with E-state index in [-0.39, 0.29) is 25.5 Å². The number of ether oxygens (including phenoxy) is 8. The lowest BCUT2D eigenvalue weighted by molar-refractivity contribution is -0.320. The number of amides is 1. The van der Waals surface area contributed by atoms with E-state index in [1.807, 2.05) is 0 Å². The van der Waals surface area contributed by atoms with Crippen LogP contribution in [0.3, 0.4) is 0 Å². The molecule has 0 radical (unpaired) electrons. The highest BCUT2D eigenvalue weighted by atomic mass is 16.7. The summed E-state index contributed by atoms with van der Waals surface area (Å²) in [5, 5.41) is 0. The molecule has 11 heteroatoms. The van der Waals surface area contributed by atoms with Gasteiger partial charge in [-0.15, -0.1) is 0 Å². The maximum Gasteiger partial charge on any atom is 0.366 e. The monoisotopic (exact) mass is 463 g/mol. The van der Waals surface area contributed by atoms with Crippen molar-refractivity contribution in [2.45, 2.75) is 49.6 Å². The highest BCUT2D eigenvalue weighted by Gasteiger charge is 2.58. The molecule has 0 aromatic rings. The normalized spacial score (nSPS) is 27.7. The van der Waals surface area contributed by atoms with Crippen LogP contribution in [-0.2, 0) is 47.5 Å². The zero-order valence-corrected chi connectivity index (χ0v) is 20.2. The number of carbonyl (C=O) groups excluding carboxylic acids is 2. The van der Waals surface area contributed by atoms with Crippen molar-refractivity contribution in [2.24, 2.45) is 0 Å². The first-order valence-electron chi connectivity index (χ1n) is 10.1. The second kappa shape index (κ2) is 13.7. The Morgan fingerprint density at radius 2 is 1.84 bits per heavy atom. The lowest BCUT2D eigenvalue weighted by atomic mass is 9.87. The summed E-state index contributed by atoms with van der Waals surface area (Å²) >= 11 is 0. The molecule has 1 saturated heterocycles. The molecule has 6 unspecified atom stereocenters. The number of hydrogen-bond donors (Lipinski definition) is 0. The van der Waals surface area contributed by atoms with Crippen molar-refractivity contribution >= 4 is 11.9 Å². The summed E-state index contributed by atoms with van der Waals surface area (Å²) in [6, 6.07) is -0.618. The van der Waals surface area contributed by atoms with Crippen LogP contribution in [0.2, 0.25) is 0 Å². The van der Waals surface area contributed by atoms with Gasteiger partial charge in [-0.25, -0.2) is 4.79 Å². The van der Waals surface area contributed by atoms with E-state index in [0.29, 0.717) is 0 Å². The maximum atomic E-state index is 12.9. The molecule has 1 aliphatic rings. The highest BCUT2D eigenvalue weighted by Crippen LogP contribution is 2.38. The Morgan fingerprint density at radius 1 is 1.16 bits per heavy atom. The standard InChI is InChI=1S/C21H37NO10/c1-14(23)22(2)17-15(27-5)12-21(20(24)30-8,31-11-9-10-25-3)32-19(17)18(29-7)16(28-6)13-26-4/h9-10,15-19H,11-13H2,1-8H3/b10-9-. The summed E-state index contributed by atoms with van der Waals surface area (Å²) in [5.74, 6) is -2.76. The molecule has 6 atom stereocenters. The third kappa shape index (κ3) is 6.63. The number of rotatable bonds is 13. The summed E-state index contributed by atoms with van der Waals surface area (Å²) in [5.41, 5.74) is 0. The van der Waals surface area contributed by atoms with E-state index < -0.39 is 42.2 Å². The summed E-state index contributed by atoms with van der Waals surface area (Å²) in [7, 11) is 10.4. The van der Waals surface area contributed by atoms with Gasteiger partial charge in [-0.3, -0.25) is 4.79 Å². The van der Waals surface area contributed by atoms with Crippen LogP contribution in [0.4, 0.5) is 0 Å². The Bertz CT molecular complexity index is 615. The third-order valence-electron chi connectivity index (χ3n) is 5.50. The van der Waals surface area contributed by atoms with Crippen molar-refractivity contribution in [1.29, 1.82) is 0 Å². The van der Waals surface area contributed by atoms with E-state index in [4.69, 9.17) is 37.9 Å². The largest absolute Gasteiger partial charge is 0.505 e. The lowest BCUT2D eigenvalue weighted by Gasteiger charge is -2.51. The minimum Gasteiger partial charge on any atom is -0.505 e. The highest BCUT2D eigenvalue weighted by molar-refractivity contribution is 5.78. The molecule has 0 aromatic heterocycles. The van der Waals surface area contributed by atoms with Crippen LogP contribution in [0.1, 0.15) is 13.3 Å². The first-order valence-corrected chi connectivity index (χ1v) is 10.1. The Labute approximate surface area is 189 Å². The van der Waals surface area contributed by atoms with E-state index in [1.54, 1.807) is 13.1 Å². The van der Waals surface area contributed by atoms with Crippen molar-refractivity contribution in [1.82, 2.24) is 4.90 Å². The number of hydrogen-bond acceptors (Lipinski definition) is 10. The average Bonchev–Trinajstić information content (AvgIpc) is 2.80. The molecule has 1 heterocycles. The molecule has 1 amide bonds. The maximum absolute atomic E-state index is 12.9. The number of nitrogens with zero attached hydrogens (tertiary/aromatic N) is 1. The Hall–Kier alpha value is -1.76. The van der Waals surface area contributed by atoms with Crippen molar-refractivity contribution in [3.8, 4) is 0 Å². The van der Waals surface area contributed by atoms with Crippen molar-refractivity contribution in [3.05, 3.63) is 12.3 Å². The van der Waals surface area contributed by atoms with Crippen molar-refractivity contribution in [3.63, 3.8) is 0 Å². The summed E-state index contributed by atoms with van der Waals surface area (Å²) in [6.07, 6.45) is 0.125. The predicted octanol–water partition coefficient (Wildman–Crippen LogP) is 0.360. The topological polar surface area (TPSA) is 111 Å². The first kappa shape index (κ1) is 28.3. The molecule has 1 rings (SSSR count). The van der Waals surface area contributed by atoms with Crippen LogP contribution >= 0.6 is 0 Å². The summed E-state index contributed by atoms with van der Waals surface area (Å²) < 4.78 is 44.3. The molecular formula is C21H37NO10. The molecule has 0 saturated carbocycles. The molecule has 0 N–H and O–H groups in total. The molecule has 11 nitrogen and oxygen atoms in total. The van der Waals surface area contributed by atoms with Gasteiger partial charge in [0, 0.05) is 48.8 Å². The smallest absolute Gasteiger partial charge is 0.366 e. The fraction of sp³-hybridized carbons (Fsp3) is 0.810. The molecule has 0 spiro atoms. The molecule has 0 aromatic carbocycles. The van der Waals surface area contributed by atoms with Crippen molar-refractivity contribution in [2.75, 3.05) is 62.9 Å². The van der Waals surface area contributed by atoms with Gasteiger partial charge in [-0.2, -0.15) is 0 Å². The van der Waals surface area contributed by atoms with E-state index in [0.717, 1.165) is 0 Å². The average molecular weight is 464 g/mol. The molecule has 186 valence electrons. The molecular weight excluding hydrogens is 426 g/mol. The summed E-state index contributed by atoms with van der Waals surface area (Å²) in [6.45, 7) is 1.62. The SMILES string of the molecule is CO/C=C\COC1(C(=O)OC)CC(OC)C(N(C)C(C)=O)C(C(OC)C(COC)OC)O1. The van der Waals surface area contributed by atoms with Gasteiger partial charge in [0.15, 0.2) is 0 Å². The zero-order chi connectivity index (χ0) is 24.3. The fourth-order valence-corrected chi connectivity index (χ4v) is 3.81. The van der Waals surface area contributed by atoms with E-state index in [2.05, 4.69) is 0 Å². The van der Waals surface area contributed by atoms with Gasteiger partial charge < -0.3 is 42.8 Å². The second-order valence-corrected chi connectivity index (χ2v) is 7.27. The minimum atomic E-state index is -1.81. The van der Waals surface area contributed by atoms with E-state index in [1.165, 1.54) is 60.7 Å². The predicted molar refractivity (Wildman–Crippen MR) is 113 cm³/mol. The van der Waals surface area contributed by atoms with Crippen LogP contribution in [-0.4, -0.2) is 116 Å². The Kier molecular flexibility index (Phi) is 12.1. The van der Waals surface area contributed by atoms with Crippen LogP contribution in [0.15, 0.2) is 12.3 Å². The third-order valence-corrected chi connectivity index (χ3v) is 5.50. The fourth-order valence-electron chi connectivity index (χ4n) is 3.81. The van der Waals surface area contributed by atoms with E-state index >= 15 is 0 Å². The number of likely N-dealkylation sites (N-methyl/N-ethyl adjacent to an activating group) is 1. The van der Waals surface area contributed by atoms with Gasteiger partial charge in [0.1, 0.15) is 18.3 Å². The lowest BCUT2D eigenvalue weighted by Crippen LogP contribution is -2.68. The van der Waals surface area contributed by atoms with Gasteiger partial charge >= 0.3 is 5.97 Å². The number of carbonyl (C=O) groups is 2. The second-order valence-electron chi connectivity index (χ2n) is 7.27. The van der Waals surface area contributed by atoms with Gasteiger partial charge in [-0.1, -0.05) is 0 Å². The van der Waals surface area contributed by atoms with E-state index in [9.17, 15) is 9.59 Å². The van der Waals surface area contributed by atoms with Gasteiger partial charge in [0.25, 0.3) is 5.79 Å². The Morgan fingerprint density at radius 3 is 2.31 bits per heavy atom. The number of esters is 1. The van der Waals surface area contributed by atoms with Crippen LogP contribution in [0.25, 0.3) is 0 Å². The van der Waals surface area contributed by atoms with Crippen LogP contribution in [0.5, 0.6) is 0 Å². The van der Waals surface area contributed by atoms with Gasteiger partial charge in [-0.05, 0) is 6.08 Å². The molecule has 1 aliphatic heterocycles. The molecule has 0 bridgehead atoms. The van der Waals surface area contributed by atoms with Gasteiger partial charge in [0.05, 0.1) is 45.8 Å².